The van der Waals surface area contributed by atoms with Crippen LogP contribution in [0.3, 0.4) is 0 Å². The van der Waals surface area contributed by atoms with Gasteiger partial charge >= 0.3 is 6.03 Å². The average molecular weight is 285 g/mol. The largest absolute Gasteiger partial charge is 0.351 e. The minimum atomic E-state index is -0.367. The van der Waals surface area contributed by atoms with Crippen molar-refractivity contribution in [3.05, 3.63) is 30.1 Å². The molecule has 6 heteroatoms. The number of likely N-dealkylation sites (tertiary alicyclic amines) is 2. The van der Waals surface area contributed by atoms with Crippen LogP contribution in [-0.2, 0) is 0 Å². The van der Waals surface area contributed by atoms with Crippen LogP contribution in [-0.4, -0.2) is 46.5 Å². The van der Waals surface area contributed by atoms with Crippen LogP contribution in [0, 0.1) is 17.4 Å². The van der Waals surface area contributed by atoms with Gasteiger partial charge in [-0.15, -0.1) is 0 Å². The number of nitrogens with two attached hydrogens (primary N) is 1. The fraction of sp³-hybridized carbons (Fsp3) is 0.533. The monoisotopic (exact) mass is 285 g/mol. The van der Waals surface area contributed by atoms with Crippen molar-refractivity contribution in [1.29, 1.82) is 5.26 Å². The lowest BCUT2D eigenvalue weighted by molar-refractivity contribution is 0.177. The maximum Gasteiger partial charge on any atom is 0.315 e. The fourth-order valence-electron chi connectivity index (χ4n) is 3.73. The van der Waals surface area contributed by atoms with E-state index < -0.39 is 0 Å². The number of rotatable bonds is 2. The first-order chi connectivity index (χ1) is 10.2. The highest BCUT2D eigenvalue weighted by Crippen LogP contribution is 2.39. The van der Waals surface area contributed by atoms with E-state index in [4.69, 9.17) is 11.0 Å². The molecule has 21 heavy (non-hydrogen) atoms. The molecule has 1 aromatic rings. The molecule has 2 aliphatic rings. The molecule has 0 radical (unpaired) electrons. The van der Waals surface area contributed by atoms with Gasteiger partial charge in [0.15, 0.2) is 6.19 Å². The molecule has 2 fully saturated rings. The molecular formula is C15H19N5O. The Morgan fingerprint density at radius 3 is 2.86 bits per heavy atom. The summed E-state index contributed by atoms with van der Waals surface area (Å²) in [7, 11) is 0. The Morgan fingerprint density at radius 2 is 2.24 bits per heavy atom. The predicted octanol–water partition coefficient (Wildman–Crippen LogP) is 1.12. The zero-order valence-corrected chi connectivity index (χ0v) is 11.9. The zero-order chi connectivity index (χ0) is 14.8. The summed E-state index contributed by atoms with van der Waals surface area (Å²) < 4.78 is 0. The minimum Gasteiger partial charge on any atom is -0.351 e. The molecule has 0 spiro atoms. The lowest BCUT2D eigenvalue weighted by Crippen LogP contribution is -2.45. The van der Waals surface area contributed by atoms with Crippen LogP contribution >= 0.6 is 0 Å². The molecule has 2 N–H and O–H groups in total. The van der Waals surface area contributed by atoms with E-state index in [1.807, 2.05) is 18.2 Å². The van der Waals surface area contributed by atoms with E-state index in [1.54, 1.807) is 16.0 Å². The van der Waals surface area contributed by atoms with Crippen molar-refractivity contribution in [3.63, 3.8) is 0 Å². The fourth-order valence-corrected chi connectivity index (χ4v) is 3.73. The minimum absolute atomic E-state index is 0.0516. The van der Waals surface area contributed by atoms with Gasteiger partial charge < -0.3 is 15.5 Å². The van der Waals surface area contributed by atoms with Crippen LogP contribution in [0.5, 0.6) is 0 Å². The van der Waals surface area contributed by atoms with Gasteiger partial charge in [0, 0.05) is 49.4 Å². The summed E-state index contributed by atoms with van der Waals surface area (Å²) in [5, 5.41) is 9.04. The first-order valence-corrected chi connectivity index (χ1v) is 7.32. The summed E-state index contributed by atoms with van der Waals surface area (Å²) in [6.45, 7) is 2.14. The van der Waals surface area contributed by atoms with Crippen LogP contribution in [0.15, 0.2) is 24.4 Å². The second-order valence-electron chi connectivity index (χ2n) is 5.77. The van der Waals surface area contributed by atoms with Crippen LogP contribution < -0.4 is 5.73 Å². The normalized spacial score (nSPS) is 28.6. The molecule has 2 saturated heterocycles. The van der Waals surface area contributed by atoms with Gasteiger partial charge in [0.05, 0.1) is 0 Å². The molecule has 0 bridgehead atoms. The molecule has 6 nitrogen and oxygen atoms in total. The van der Waals surface area contributed by atoms with Crippen LogP contribution in [0.1, 0.15) is 24.5 Å². The number of aromatic nitrogens is 1. The van der Waals surface area contributed by atoms with Crippen molar-refractivity contribution in [2.75, 3.05) is 19.6 Å². The Morgan fingerprint density at radius 1 is 1.38 bits per heavy atom. The first-order valence-electron chi connectivity index (χ1n) is 7.32. The van der Waals surface area contributed by atoms with Gasteiger partial charge in [-0.25, -0.2) is 4.79 Å². The topological polar surface area (TPSA) is 86.2 Å². The summed E-state index contributed by atoms with van der Waals surface area (Å²) in [5.74, 6) is 0.494. The van der Waals surface area contributed by atoms with E-state index >= 15 is 0 Å². The Kier molecular flexibility index (Phi) is 3.65. The van der Waals surface area contributed by atoms with Gasteiger partial charge in [0.25, 0.3) is 0 Å². The SMILES string of the molecule is N#CN1CCC(C2C(c3ccccn3)CCN2C(N)=O)C1. The number of hydrogen-bond donors (Lipinski definition) is 1. The third kappa shape index (κ3) is 2.51. The van der Waals surface area contributed by atoms with E-state index in [9.17, 15) is 4.79 Å². The van der Waals surface area contributed by atoms with Gasteiger partial charge in [-0.05, 0) is 25.0 Å². The van der Waals surface area contributed by atoms with E-state index in [1.165, 1.54) is 0 Å². The second-order valence-corrected chi connectivity index (χ2v) is 5.77. The van der Waals surface area contributed by atoms with Crippen LogP contribution in [0.25, 0.3) is 0 Å². The highest BCUT2D eigenvalue weighted by Gasteiger charge is 2.44. The van der Waals surface area contributed by atoms with E-state index in [-0.39, 0.29) is 23.9 Å². The molecule has 3 unspecified atom stereocenters. The van der Waals surface area contributed by atoms with Crippen molar-refractivity contribution in [2.24, 2.45) is 11.7 Å². The van der Waals surface area contributed by atoms with E-state index in [2.05, 4.69) is 11.2 Å². The predicted molar refractivity (Wildman–Crippen MR) is 77.0 cm³/mol. The van der Waals surface area contributed by atoms with Gasteiger partial charge in [-0.1, -0.05) is 6.07 Å². The lowest BCUT2D eigenvalue weighted by Gasteiger charge is -2.31. The summed E-state index contributed by atoms with van der Waals surface area (Å²) >= 11 is 0. The van der Waals surface area contributed by atoms with Crippen molar-refractivity contribution >= 4 is 6.03 Å². The van der Waals surface area contributed by atoms with Crippen molar-refractivity contribution < 1.29 is 4.79 Å². The van der Waals surface area contributed by atoms with Crippen LogP contribution in [0.2, 0.25) is 0 Å². The first kappa shape index (κ1) is 13.7. The molecule has 3 rings (SSSR count). The van der Waals surface area contributed by atoms with Gasteiger partial charge in [0.2, 0.25) is 0 Å². The summed E-state index contributed by atoms with van der Waals surface area (Å²) in [5.41, 5.74) is 6.57. The van der Waals surface area contributed by atoms with Crippen molar-refractivity contribution in [1.82, 2.24) is 14.8 Å². The Labute approximate surface area is 124 Å². The smallest absolute Gasteiger partial charge is 0.315 e. The van der Waals surface area contributed by atoms with Crippen molar-refractivity contribution in [2.45, 2.75) is 24.8 Å². The number of hydrogen-bond acceptors (Lipinski definition) is 4. The third-order valence-corrected chi connectivity index (χ3v) is 4.65. The quantitative estimate of drug-likeness (QED) is 0.825. The molecule has 3 heterocycles. The maximum absolute atomic E-state index is 11.7. The highest BCUT2D eigenvalue weighted by atomic mass is 16.2. The van der Waals surface area contributed by atoms with Gasteiger partial charge in [0.1, 0.15) is 0 Å². The number of pyridine rings is 1. The Hall–Kier alpha value is -2.29. The molecule has 0 saturated carbocycles. The number of nitriles is 1. The molecule has 0 aromatic carbocycles. The third-order valence-electron chi connectivity index (χ3n) is 4.65. The van der Waals surface area contributed by atoms with Crippen molar-refractivity contribution in [3.8, 4) is 6.19 Å². The van der Waals surface area contributed by atoms with E-state index in [0.717, 1.165) is 25.1 Å². The number of carbonyl (C=O) groups excluding carboxylic acids is 1. The lowest BCUT2D eigenvalue weighted by atomic mass is 9.86. The molecular weight excluding hydrogens is 266 g/mol. The zero-order valence-electron chi connectivity index (χ0n) is 11.9. The molecule has 1 aromatic heterocycles. The number of urea groups is 1. The second kappa shape index (κ2) is 5.60. The van der Waals surface area contributed by atoms with E-state index in [0.29, 0.717) is 13.1 Å². The summed E-state index contributed by atoms with van der Waals surface area (Å²) in [6.07, 6.45) is 5.79. The molecule has 110 valence electrons. The number of nitrogens with zero attached hydrogens (tertiary/aromatic N) is 4. The molecule has 3 atom stereocenters. The average Bonchev–Trinajstić information content (AvgIpc) is 3.14. The Balaban J connectivity index is 1.87. The number of amides is 2. The molecule has 2 amide bonds. The molecule has 0 aliphatic carbocycles. The van der Waals surface area contributed by atoms with Gasteiger partial charge in [-0.2, -0.15) is 5.26 Å². The number of primary amides is 1. The van der Waals surface area contributed by atoms with Crippen LogP contribution in [0.4, 0.5) is 4.79 Å². The Bertz CT molecular complexity index is 555. The standard InChI is InChI=1S/C15H19N5O/c16-10-19-7-4-11(9-19)14-12(5-8-20(14)15(17)21)13-3-1-2-6-18-13/h1-3,6,11-12,14H,4-5,7-9H2,(H2,17,21). The summed E-state index contributed by atoms with van der Waals surface area (Å²) in [6, 6.07) is 5.57. The van der Waals surface area contributed by atoms with Gasteiger partial charge in [-0.3, -0.25) is 4.98 Å². The highest BCUT2D eigenvalue weighted by molar-refractivity contribution is 5.73. The summed E-state index contributed by atoms with van der Waals surface area (Å²) in [4.78, 5) is 19.7. The maximum atomic E-state index is 11.7. The number of carbonyl (C=O) groups is 1. The molecule has 2 aliphatic heterocycles.